The molecule has 2 unspecified atom stereocenters. The zero-order valence-electron chi connectivity index (χ0n) is 6.19. The maximum atomic E-state index is 10.3. The molecule has 1 aliphatic rings. The topological polar surface area (TPSA) is 124 Å². The van der Waals surface area contributed by atoms with E-state index in [9.17, 15) is 14.9 Å². The van der Waals surface area contributed by atoms with Gasteiger partial charge in [-0.25, -0.2) is 0 Å². The number of carboxylic acids is 1. The molecule has 2 atom stereocenters. The molecular weight excluding hydrogens is 168 g/mol. The van der Waals surface area contributed by atoms with Crippen LogP contribution in [0.25, 0.3) is 0 Å². The second-order valence-electron chi connectivity index (χ2n) is 2.47. The summed E-state index contributed by atoms with van der Waals surface area (Å²) in [6.07, 6.45) is 0.0856. The van der Waals surface area contributed by atoms with Crippen LogP contribution in [0.4, 0.5) is 0 Å². The summed E-state index contributed by atoms with van der Waals surface area (Å²) in [6.45, 7) is 0.157. The summed E-state index contributed by atoms with van der Waals surface area (Å²) < 4.78 is 0. The fourth-order valence-corrected chi connectivity index (χ4v) is 1.07. The van der Waals surface area contributed by atoms with Crippen molar-refractivity contribution in [2.24, 2.45) is 0 Å². The Morgan fingerprint density at radius 2 is 2.25 bits per heavy atom. The van der Waals surface area contributed by atoms with E-state index in [4.69, 9.17) is 5.11 Å². The quantitative estimate of drug-likeness (QED) is 0.383. The van der Waals surface area contributed by atoms with Crippen molar-refractivity contribution < 1.29 is 20.3 Å². The summed E-state index contributed by atoms with van der Waals surface area (Å²) in [5.74, 6) is -1.02. The van der Waals surface area contributed by atoms with Crippen molar-refractivity contribution in [3.8, 4) is 0 Å². The Hall–Kier alpha value is -1.21. The molecule has 0 radical (unpaired) electrons. The van der Waals surface area contributed by atoms with Crippen molar-refractivity contribution in [2.45, 2.75) is 18.5 Å². The van der Waals surface area contributed by atoms with Gasteiger partial charge in [0.1, 0.15) is 6.04 Å². The van der Waals surface area contributed by atoms with Crippen LogP contribution in [0.1, 0.15) is 6.42 Å². The molecule has 7 nitrogen and oxygen atoms in total. The lowest BCUT2D eigenvalue weighted by Crippen LogP contribution is -2.30. The molecular formula is C5H10N2O5. The van der Waals surface area contributed by atoms with Crippen molar-refractivity contribution in [3.63, 3.8) is 0 Å². The largest absolute Gasteiger partial charge is 0.480 e. The fraction of sp³-hybridized carbons (Fsp3) is 0.800. The van der Waals surface area contributed by atoms with E-state index >= 15 is 0 Å². The molecule has 1 rings (SSSR count). The van der Waals surface area contributed by atoms with Crippen LogP contribution < -0.4 is 5.32 Å². The molecule has 1 saturated heterocycles. The van der Waals surface area contributed by atoms with E-state index in [0.717, 1.165) is 0 Å². The van der Waals surface area contributed by atoms with Gasteiger partial charge in [0.2, 0.25) is 6.04 Å². The summed E-state index contributed by atoms with van der Waals surface area (Å²) in [7, 11) is 0. The van der Waals surface area contributed by atoms with Crippen LogP contribution in [0, 0.1) is 10.1 Å². The van der Waals surface area contributed by atoms with E-state index in [2.05, 4.69) is 5.32 Å². The van der Waals surface area contributed by atoms with Crippen LogP contribution in [-0.2, 0) is 4.79 Å². The van der Waals surface area contributed by atoms with E-state index < -0.39 is 23.0 Å². The molecule has 0 amide bonds. The second kappa shape index (κ2) is 3.98. The lowest BCUT2D eigenvalue weighted by molar-refractivity contribution is -0.517. The highest BCUT2D eigenvalue weighted by Crippen LogP contribution is 2.08. The number of nitro groups is 1. The van der Waals surface area contributed by atoms with Gasteiger partial charge < -0.3 is 10.6 Å². The number of hydrogen-bond acceptors (Lipinski definition) is 4. The smallest absolute Gasteiger partial charge is 0.320 e. The predicted octanol–water partition coefficient (Wildman–Crippen LogP) is -1.75. The minimum Gasteiger partial charge on any atom is -0.480 e. The molecule has 0 aromatic rings. The molecule has 12 heavy (non-hydrogen) atoms. The van der Waals surface area contributed by atoms with Gasteiger partial charge in [0.15, 0.2) is 0 Å². The average Bonchev–Trinajstić information content (AvgIpc) is 2.33. The molecule has 0 saturated carbocycles. The average molecular weight is 178 g/mol. The Morgan fingerprint density at radius 1 is 1.67 bits per heavy atom. The van der Waals surface area contributed by atoms with Crippen LogP contribution in [0.2, 0.25) is 0 Å². The van der Waals surface area contributed by atoms with Crippen LogP contribution in [0.5, 0.6) is 0 Å². The molecule has 4 N–H and O–H groups in total. The number of nitrogens with zero attached hydrogens (tertiary/aromatic N) is 1. The third-order valence-corrected chi connectivity index (χ3v) is 1.70. The van der Waals surface area contributed by atoms with Gasteiger partial charge in [-0.05, 0) is 0 Å². The highest BCUT2D eigenvalue weighted by molar-refractivity contribution is 5.73. The molecule has 1 heterocycles. The summed E-state index contributed by atoms with van der Waals surface area (Å²) >= 11 is 0. The first-order chi connectivity index (χ1) is 5.11. The molecule has 7 heteroatoms. The van der Waals surface area contributed by atoms with E-state index in [0.29, 0.717) is 0 Å². The molecule has 0 bridgehead atoms. The van der Waals surface area contributed by atoms with Gasteiger partial charge in [-0.15, -0.1) is 0 Å². The first-order valence-electron chi connectivity index (χ1n) is 3.21. The zero-order chi connectivity index (χ0) is 8.43. The Balaban J connectivity index is 0.00000121. The lowest BCUT2D eigenvalue weighted by atomic mass is 10.2. The van der Waals surface area contributed by atoms with Gasteiger partial charge >= 0.3 is 5.97 Å². The number of carboxylic acid groups (broad SMARTS) is 1. The molecule has 0 aromatic heterocycles. The number of carbonyl (C=O) groups is 1. The number of aliphatic carboxylic acids is 1. The maximum Gasteiger partial charge on any atom is 0.320 e. The minimum absolute atomic E-state index is 0. The Bertz CT molecular complexity index is 174. The highest BCUT2D eigenvalue weighted by atomic mass is 16.6. The van der Waals surface area contributed by atoms with Crippen LogP contribution in [0.15, 0.2) is 0 Å². The molecule has 1 aliphatic heterocycles. The SMILES string of the molecule is O.O=C(O)C1CC([N+](=O)[O-])CN1. The maximum absolute atomic E-state index is 10.3. The van der Waals surface area contributed by atoms with E-state index in [-0.39, 0.29) is 18.4 Å². The number of hydrogen-bond donors (Lipinski definition) is 2. The first-order valence-corrected chi connectivity index (χ1v) is 3.21. The van der Waals surface area contributed by atoms with Gasteiger partial charge in [-0.1, -0.05) is 0 Å². The Kier molecular flexibility index (Phi) is 3.58. The normalized spacial score (nSPS) is 27.7. The molecule has 0 aliphatic carbocycles. The summed E-state index contributed by atoms with van der Waals surface area (Å²) in [5, 5.41) is 21.1. The number of nitrogens with one attached hydrogen (secondary N) is 1. The van der Waals surface area contributed by atoms with Gasteiger partial charge in [-0.2, -0.15) is 0 Å². The molecule has 70 valence electrons. The van der Waals surface area contributed by atoms with E-state index in [1.807, 2.05) is 0 Å². The fourth-order valence-electron chi connectivity index (χ4n) is 1.07. The van der Waals surface area contributed by atoms with E-state index in [1.165, 1.54) is 0 Å². The summed E-state index contributed by atoms with van der Waals surface area (Å²) in [5.41, 5.74) is 0. The van der Waals surface area contributed by atoms with Gasteiger partial charge in [0.25, 0.3) is 0 Å². The van der Waals surface area contributed by atoms with Crippen molar-refractivity contribution in [3.05, 3.63) is 10.1 Å². The van der Waals surface area contributed by atoms with Crippen LogP contribution >= 0.6 is 0 Å². The number of rotatable bonds is 2. The summed E-state index contributed by atoms with van der Waals surface area (Å²) in [6, 6.07) is -1.48. The molecule has 0 spiro atoms. The van der Waals surface area contributed by atoms with Crippen LogP contribution in [0.3, 0.4) is 0 Å². The van der Waals surface area contributed by atoms with Crippen molar-refractivity contribution in [1.29, 1.82) is 0 Å². The molecule has 0 aromatic carbocycles. The standard InChI is InChI=1S/C5H8N2O4.H2O/c8-5(9)4-1-3(2-6-4)7(10)11;/h3-4,6H,1-2H2,(H,8,9);1H2. The van der Waals surface area contributed by atoms with Gasteiger partial charge in [-0.3, -0.25) is 20.2 Å². The predicted molar refractivity (Wildman–Crippen MR) is 38.4 cm³/mol. The Morgan fingerprint density at radius 3 is 2.50 bits per heavy atom. The Labute approximate surface area is 67.8 Å². The highest BCUT2D eigenvalue weighted by Gasteiger charge is 2.35. The lowest BCUT2D eigenvalue weighted by Gasteiger charge is -1.99. The third-order valence-electron chi connectivity index (χ3n) is 1.70. The van der Waals surface area contributed by atoms with Gasteiger partial charge in [0, 0.05) is 11.3 Å². The zero-order valence-corrected chi connectivity index (χ0v) is 6.19. The van der Waals surface area contributed by atoms with E-state index in [1.54, 1.807) is 0 Å². The third kappa shape index (κ3) is 2.14. The summed E-state index contributed by atoms with van der Waals surface area (Å²) in [4.78, 5) is 20.0. The van der Waals surface area contributed by atoms with Crippen molar-refractivity contribution in [1.82, 2.24) is 5.32 Å². The minimum atomic E-state index is -1.02. The second-order valence-corrected chi connectivity index (χ2v) is 2.47. The van der Waals surface area contributed by atoms with Gasteiger partial charge in [0.05, 0.1) is 6.54 Å². The van der Waals surface area contributed by atoms with Crippen molar-refractivity contribution in [2.75, 3.05) is 6.54 Å². The molecule has 1 fully saturated rings. The monoisotopic (exact) mass is 178 g/mol. The van der Waals surface area contributed by atoms with Crippen molar-refractivity contribution >= 4 is 5.97 Å². The van der Waals surface area contributed by atoms with Crippen LogP contribution in [-0.4, -0.2) is 40.1 Å². The first kappa shape index (κ1) is 10.8.